The maximum Gasteiger partial charge on any atom is 0.255 e. The molecule has 0 N–H and O–H groups in total. The van der Waals surface area contributed by atoms with Crippen molar-refractivity contribution in [3.63, 3.8) is 0 Å². The van der Waals surface area contributed by atoms with E-state index >= 15 is 0 Å². The third kappa shape index (κ3) is 6.36. The fourth-order valence-corrected chi connectivity index (χ4v) is 4.84. The highest BCUT2D eigenvalue weighted by Gasteiger charge is 2.25. The van der Waals surface area contributed by atoms with Crippen LogP contribution in [-0.2, 0) is 11.8 Å². The SMILES string of the molecule is CN1CCN(CCCOc2ccc([C@H]3CN(c4nc(-c5ccncc5)cc(=O)n4C)CCO3)cc2)CC1. The maximum atomic E-state index is 12.7. The standard InChI is InChI=1S/C28H36N6O3/c1-31-13-15-33(16-14-31)12-3-18-36-24-6-4-23(5-7-24)26-21-34(17-19-37-26)28-30-25(20-27(35)32(28)2)22-8-10-29-11-9-22/h4-11,20,26H,3,12-19,21H2,1-2H3/t26-/m1/s1. The molecule has 0 aliphatic carbocycles. The van der Waals surface area contributed by atoms with Crippen molar-refractivity contribution in [2.24, 2.45) is 7.05 Å². The second-order valence-corrected chi connectivity index (χ2v) is 9.80. The monoisotopic (exact) mass is 504 g/mol. The van der Waals surface area contributed by atoms with E-state index < -0.39 is 0 Å². The summed E-state index contributed by atoms with van der Waals surface area (Å²) in [6, 6.07) is 13.5. The predicted molar refractivity (Wildman–Crippen MR) is 144 cm³/mol. The maximum absolute atomic E-state index is 12.7. The van der Waals surface area contributed by atoms with Crippen molar-refractivity contribution in [2.45, 2.75) is 12.5 Å². The number of aromatic nitrogens is 3. The van der Waals surface area contributed by atoms with Crippen LogP contribution in [0.25, 0.3) is 11.3 Å². The van der Waals surface area contributed by atoms with E-state index in [0.29, 0.717) is 37.9 Å². The Morgan fingerprint density at radius 3 is 2.51 bits per heavy atom. The van der Waals surface area contributed by atoms with Gasteiger partial charge in [0.05, 0.1) is 25.5 Å². The number of hydrogen-bond acceptors (Lipinski definition) is 8. The molecule has 37 heavy (non-hydrogen) atoms. The first kappa shape index (κ1) is 25.4. The molecule has 196 valence electrons. The highest BCUT2D eigenvalue weighted by atomic mass is 16.5. The molecule has 0 unspecified atom stereocenters. The fraction of sp³-hybridized carbons (Fsp3) is 0.464. The van der Waals surface area contributed by atoms with Crippen molar-refractivity contribution in [1.82, 2.24) is 24.3 Å². The van der Waals surface area contributed by atoms with E-state index in [1.807, 2.05) is 24.3 Å². The summed E-state index contributed by atoms with van der Waals surface area (Å²) in [7, 11) is 3.95. The summed E-state index contributed by atoms with van der Waals surface area (Å²) in [6.07, 6.45) is 4.33. The molecule has 9 heteroatoms. The number of hydrogen-bond donors (Lipinski definition) is 0. The van der Waals surface area contributed by atoms with Crippen LogP contribution in [-0.4, -0.2) is 90.4 Å². The van der Waals surface area contributed by atoms with Crippen molar-refractivity contribution in [3.05, 3.63) is 70.8 Å². The first-order valence-corrected chi connectivity index (χ1v) is 13.1. The Balaban J connectivity index is 1.19. The predicted octanol–water partition coefficient (Wildman–Crippen LogP) is 2.44. The summed E-state index contributed by atoms with van der Waals surface area (Å²) >= 11 is 0. The molecule has 2 aliphatic rings. The van der Waals surface area contributed by atoms with Crippen LogP contribution in [0.1, 0.15) is 18.1 Å². The number of rotatable bonds is 8. The van der Waals surface area contributed by atoms with Crippen LogP contribution in [0.4, 0.5) is 5.95 Å². The van der Waals surface area contributed by atoms with Gasteiger partial charge in [-0.2, -0.15) is 0 Å². The van der Waals surface area contributed by atoms with Crippen molar-refractivity contribution in [1.29, 1.82) is 0 Å². The molecule has 9 nitrogen and oxygen atoms in total. The number of nitrogens with zero attached hydrogens (tertiary/aromatic N) is 6. The molecule has 0 radical (unpaired) electrons. The number of pyridine rings is 1. The smallest absolute Gasteiger partial charge is 0.255 e. The zero-order valence-electron chi connectivity index (χ0n) is 21.8. The molecule has 2 fully saturated rings. The first-order valence-electron chi connectivity index (χ1n) is 13.1. The Morgan fingerprint density at radius 2 is 1.76 bits per heavy atom. The summed E-state index contributed by atoms with van der Waals surface area (Å²) in [5.41, 5.74) is 2.52. The topological polar surface area (TPSA) is 76.0 Å². The minimum atomic E-state index is -0.110. The highest BCUT2D eigenvalue weighted by molar-refractivity contribution is 5.59. The van der Waals surface area contributed by atoms with Gasteiger partial charge in [-0.05, 0) is 43.3 Å². The molecule has 3 aromatic rings. The van der Waals surface area contributed by atoms with Gasteiger partial charge in [0.1, 0.15) is 11.9 Å². The Morgan fingerprint density at radius 1 is 1.00 bits per heavy atom. The number of ether oxygens (including phenoxy) is 2. The van der Waals surface area contributed by atoms with Crippen LogP contribution in [0.2, 0.25) is 0 Å². The van der Waals surface area contributed by atoms with Crippen molar-refractivity contribution in [2.75, 3.05) is 71.0 Å². The lowest BCUT2D eigenvalue weighted by atomic mass is 10.1. The Bertz CT molecular complexity index is 1210. The minimum absolute atomic E-state index is 0.0889. The van der Waals surface area contributed by atoms with E-state index in [0.717, 1.165) is 56.0 Å². The van der Waals surface area contributed by atoms with Crippen LogP contribution in [0.5, 0.6) is 5.75 Å². The van der Waals surface area contributed by atoms with Crippen LogP contribution in [0.3, 0.4) is 0 Å². The minimum Gasteiger partial charge on any atom is -0.494 e. The molecule has 0 bridgehead atoms. The van der Waals surface area contributed by atoms with Gasteiger partial charge in [-0.25, -0.2) is 4.98 Å². The number of piperazine rings is 1. The Labute approximate surface area is 218 Å². The summed E-state index contributed by atoms with van der Waals surface area (Å²) in [5, 5.41) is 0. The fourth-order valence-electron chi connectivity index (χ4n) is 4.84. The van der Waals surface area contributed by atoms with Gasteiger partial charge < -0.3 is 24.2 Å². The molecule has 2 saturated heterocycles. The molecule has 5 rings (SSSR count). The number of benzene rings is 1. The van der Waals surface area contributed by atoms with E-state index in [1.54, 1.807) is 30.1 Å². The zero-order chi connectivity index (χ0) is 25.6. The van der Waals surface area contributed by atoms with E-state index in [4.69, 9.17) is 14.5 Å². The largest absolute Gasteiger partial charge is 0.494 e. The average Bonchev–Trinajstić information content (AvgIpc) is 2.94. The molecule has 1 atom stereocenters. The number of morpholine rings is 1. The van der Waals surface area contributed by atoms with Gasteiger partial charge in [0.15, 0.2) is 0 Å². The van der Waals surface area contributed by atoms with Gasteiger partial charge in [0.2, 0.25) is 5.95 Å². The third-order valence-corrected chi connectivity index (χ3v) is 7.17. The molecule has 2 aromatic heterocycles. The molecule has 2 aliphatic heterocycles. The lowest BCUT2D eigenvalue weighted by molar-refractivity contribution is 0.0389. The Hall–Kier alpha value is -3.27. The molecular formula is C28H36N6O3. The number of likely N-dealkylation sites (N-methyl/N-ethyl adjacent to an activating group) is 1. The van der Waals surface area contributed by atoms with E-state index in [1.165, 1.54) is 0 Å². The summed E-state index contributed by atoms with van der Waals surface area (Å²) in [5.74, 6) is 1.52. The van der Waals surface area contributed by atoms with Gasteiger partial charge in [0.25, 0.3) is 5.56 Å². The van der Waals surface area contributed by atoms with Gasteiger partial charge in [-0.15, -0.1) is 0 Å². The molecule has 4 heterocycles. The molecule has 1 aromatic carbocycles. The van der Waals surface area contributed by atoms with Crippen molar-refractivity contribution in [3.8, 4) is 17.0 Å². The highest BCUT2D eigenvalue weighted by Crippen LogP contribution is 2.27. The Kier molecular flexibility index (Phi) is 8.13. The molecule has 0 amide bonds. The average molecular weight is 505 g/mol. The second-order valence-electron chi connectivity index (χ2n) is 9.80. The summed E-state index contributed by atoms with van der Waals surface area (Å²) < 4.78 is 13.7. The summed E-state index contributed by atoms with van der Waals surface area (Å²) in [4.78, 5) is 28.6. The van der Waals surface area contributed by atoms with Gasteiger partial charge >= 0.3 is 0 Å². The van der Waals surface area contributed by atoms with Gasteiger partial charge in [-0.1, -0.05) is 12.1 Å². The van der Waals surface area contributed by atoms with Crippen LogP contribution in [0.15, 0.2) is 59.7 Å². The lowest BCUT2D eigenvalue weighted by Gasteiger charge is -2.34. The van der Waals surface area contributed by atoms with E-state index in [-0.39, 0.29) is 11.7 Å². The molecule has 0 spiro atoms. The normalized spacial score (nSPS) is 19.2. The van der Waals surface area contributed by atoms with Crippen LogP contribution in [0, 0.1) is 0 Å². The van der Waals surface area contributed by atoms with Crippen molar-refractivity contribution < 1.29 is 9.47 Å². The van der Waals surface area contributed by atoms with E-state index in [9.17, 15) is 4.79 Å². The van der Waals surface area contributed by atoms with Gasteiger partial charge in [0, 0.05) is 70.3 Å². The van der Waals surface area contributed by atoms with Crippen molar-refractivity contribution >= 4 is 5.95 Å². The number of anilines is 1. The third-order valence-electron chi connectivity index (χ3n) is 7.17. The van der Waals surface area contributed by atoms with Crippen LogP contribution < -0.4 is 15.2 Å². The quantitative estimate of drug-likeness (QED) is 0.433. The van der Waals surface area contributed by atoms with E-state index in [2.05, 4.69) is 38.9 Å². The first-order chi connectivity index (χ1) is 18.1. The molecular weight excluding hydrogens is 468 g/mol. The van der Waals surface area contributed by atoms with Gasteiger partial charge in [-0.3, -0.25) is 14.3 Å². The lowest BCUT2D eigenvalue weighted by Crippen LogP contribution is -2.44. The molecule has 0 saturated carbocycles. The second kappa shape index (κ2) is 11.9. The van der Waals surface area contributed by atoms with Crippen LogP contribution >= 0.6 is 0 Å². The zero-order valence-corrected chi connectivity index (χ0v) is 21.8. The summed E-state index contributed by atoms with van der Waals surface area (Å²) in [6.45, 7) is 8.21.